The molecule has 1 aliphatic heterocycles. The van der Waals surface area contributed by atoms with Gasteiger partial charge in [-0.25, -0.2) is 0 Å². The minimum absolute atomic E-state index is 0.00637. The lowest BCUT2D eigenvalue weighted by Gasteiger charge is -2.38. The van der Waals surface area contributed by atoms with Gasteiger partial charge in [0.1, 0.15) is 0 Å². The van der Waals surface area contributed by atoms with Crippen LogP contribution in [-0.4, -0.2) is 12.4 Å². The highest BCUT2D eigenvalue weighted by Crippen LogP contribution is 2.71. The van der Waals surface area contributed by atoms with Crippen molar-refractivity contribution >= 4 is 11.3 Å². The highest BCUT2D eigenvalue weighted by atomic mass is 32.1. The van der Waals surface area contributed by atoms with Gasteiger partial charge >= 0.3 is 0 Å². The summed E-state index contributed by atoms with van der Waals surface area (Å²) in [4.78, 5) is 1.30. The molecular weight excluding hydrogens is 280 g/mol. The number of thiophene rings is 1. The van der Waals surface area contributed by atoms with Gasteiger partial charge in [0, 0.05) is 11.3 Å². The molecule has 0 aromatic carbocycles. The van der Waals surface area contributed by atoms with Crippen LogP contribution in [0.2, 0.25) is 0 Å². The lowest BCUT2D eigenvalue weighted by molar-refractivity contribution is -0.183. The Kier molecular flexibility index (Phi) is 3.09. The Morgan fingerprint density at radius 1 is 1.38 bits per heavy atom. The van der Waals surface area contributed by atoms with Gasteiger partial charge in [-0.05, 0) is 53.9 Å². The second-order valence-corrected chi connectivity index (χ2v) is 8.94. The monoisotopic (exact) mass is 306 g/mol. The number of ether oxygens (including phenoxy) is 2. The summed E-state index contributed by atoms with van der Waals surface area (Å²) in [5.41, 5.74) is 0.763. The Bertz CT molecular complexity index is 523. The second-order valence-electron chi connectivity index (χ2n) is 7.96. The summed E-state index contributed by atoms with van der Waals surface area (Å²) in [6.45, 7) is 9.50. The Morgan fingerprint density at radius 3 is 2.86 bits per heavy atom. The summed E-state index contributed by atoms with van der Waals surface area (Å²) in [6, 6.07) is 4.24. The molecule has 0 amide bonds. The maximum absolute atomic E-state index is 6.41. The van der Waals surface area contributed by atoms with Gasteiger partial charge in [-0.1, -0.05) is 26.8 Å². The first kappa shape index (κ1) is 14.2. The van der Waals surface area contributed by atoms with Crippen LogP contribution in [-0.2, 0) is 9.47 Å². The predicted octanol–water partition coefficient (Wildman–Crippen LogP) is 5.01. The van der Waals surface area contributed by atoms with Gasteiger partial charge in [0.2, 0.25) is 0 Å². The van der Waals surface area contributed by atoms with Gasteiger partial charge in [-0.2, -0.15) is 0 Å². The maximum atomic E-state index is 6.41. The molecule has 2 nitrogen and oxygen atoms in total. The maximum Gasteiger partial charge on any atom is 0.159 e. The van der Waals surface area contributed by atoms with Gasteiger partial charge in [0.05, 0.1) is 12.2 Å². The van der Waals surface area contributed by atoms with Crippen molar-refractivity contribution < 1.29 is 9.47 Å². The summed E-state index contributed by atoms with van der Waals surface area (Å²) in [7, 11) is 0. The number of rotatable bonds is 3. The van der Waals surface area contributed by atoms with E-state index >= 15 is 0 Å². The third kappa shape index (κ3) is 1.83. The number of hydrogen-bond acceptors (Lipinski definition) is 3. The minimum Gasteiger partial charge on any atom is -0.349 e. The van der Waals surface area contributed by atoms with E-state index in [-0.39, 0.29) is 12.4 Å². The SMILES string of the molecule is C[C@@H](O[C@@H]1C[C@H]2[C@H]3CC[C@@](C)([C@H]2O1)C3(C)C)c1cccs1. The molecule has 116 valence electrons. The van der Waals surface area contributed by atoms with Crippen LogP contribution in [0.15, 0.2) is 17.5 Å². The fourth-order valence-corrected chi connectivity index (χ4v) is 6.11. The van der Waals surface area contributed by atoms with Gasteiger partial charge < -0.3 is 9.47 Å². The fraction of sp³-hybridized carbons (Fsp3) is 0.778. The molecular formula is C18H26O2S. The lowest BCUT2D eigenvalue weighted by atomic mass is 9.70. The second kappa shape index (κ2) is 4.56. The molecule has 0 N–H and O–H groups in total. The molecule has 2 saturated carbocycles. The van der Waals surface area contributed by atoms with Crippen LogP contribution in [0.5, 0.6) is 0 Å². The van der Waals surface area contributed by atoms with E-state index in [4.69, 9.17) is 9.47 Å². The average Bonchev–Trinajstić information content (AvgIpc) is 3.12. The summed E-state index contributed by atoms with van der Waals surface area (Å²) in [5, 5.41) is 2.11. The molecule has 2 bridgehead atoms. The van der Waals surface area contributed by atoms with E-state index in [1.165, 1.54) is 17.7 Å². The Morgan fingerprint density at radius 2 is 2.19 bits per heavy atom. The highest BCUT2D eigenvalue weighted by Gasteiger charge is 2.69. The summed E-state index contributed by atoms with van der Waals surface area (Å²) < 4.78 is 12.6. The first-order valence-corrected chi connectivity index (χ1v) is 9.16. The predicted molar refractivity (Wildman–Crippen MR) is 85.2 cm³/mol. The molecule has 0 radical (unpaired) electrons. The zero-order valence-electron chi connectivity index (χ0n) is 13.5. The molecule has 4 rings (SSSR count). The minimum atomic E-state index is -0.00637. The molecule has 2 heterocycles. The van der Waals surface area contributed by atoms with Gasteiger partial charge in [0.25, 0.3) is 0 Å². The number of hydrogen-bond donors (Lipinski definition) is 0. The molecule has 1 aromatic rings. The van der Waals surface area contributed by atoms with E-state index in [9.17, 15) is 0 Å². The molecule has 6 atom stereocenters. The third-order valence-electron chi connectivity index (χ3n) is 6.97. The smallest absolute Gasteiger partial charge is 0.159 e. The zero-order valence-corrected chi connectivity index (χ0v) is 14.3. The lowest BCUT2D eigenvalue weighted by Crippen LogP contribution is -2.37. The molecule has 3 aliphatic rings. The molecule has 1 aromatic heterocycles. The first-order valence-electron chi connectivity index (χ1n) is 8.28. The van der Waals surface area contributed by atoms with Crippen LogP contribution in [0.25, 0.3) is 0 Å². The summed E-state index contributed by atoms with van der Waals surface area (Å²) in [5.74, 6) is 1.53. The van der Waals surface area contributed by atoms with Crippen LogP contribution in [0, 0.1) is 22.7 Å². The first-order chi connectivity index (χ1) is 9.93. The Hall–Kier alpha value is -0.380. The molecule has 1 saturated heterocycles. The third-order valence-corrected chi connectivity index (χ3v) is 8.00. The number of fused-ring (bicyclic) bond motifs is 5. The van der Waals surface area contributed by atoms with Crippen molar-refractivity contribution in [2.45, 2.75) is 65.5 Å². The van der Waals surface area contributed by atoms with Crippen molar-refractivity contribution in [2.75, 3.05) is 0 Å². The quantitative estimate of drug-likeness (QED) is 0.781. The molecule has 21 heavy (non-hydrogen) atoms. The van der Waals surface area contributed by atoms with Crippen LogP contribution >= 0.6 is 11.3 Å². The summed E-state index contributed by atoms with van der Waals surface area (Å²) in [6.07, 6.45) is 4.33. The van der Waals surface area contributed by atoms with Gasteiger partial charge in [-0.15, -0.1) is 11.3 Å². The van der Waals surface area contributed by atoms with Crippen molar-refractivity contribution in [1.29, 1.82) is 0 Å². The Labute approximate surface area is 131 Å². The topological polar surface area (TPSA) is 18.5 Å². The van der Waals surface area contributed by atoms with Crippen molar-refractivity contribution in [3.8, 4) is 0 Å². The van der Waals surface area contributed by atoms with E-state index in [1.54, 1.807) is 11.3 Å². The van der Waals surface area contributed by atoms with Crippen LogP contribution in [0.4, 0.5) is 0 Å². The van der Waals surface area contributed by atoms with Crippen LogP contribution < -0.4 is 0 Å². The Balaban J connectivity index is 1.48. The van der Waals surface area contributed by atoms with Crippen LogP contribution in [0.1, 0.15) is 57.9 Å². The van der Waals surface area contributed by atoms with Crippen molar-refractivity contribution in [2.24, 2.45) is 22.7 Å². The standard InChI is InChI=1S/C18H26O2S/c1-11(14-6-5-9-21-14)19-15-10-12-13-7-8-18(4,16(12)20-15)17(13,2)3/h5-6,9,11-13,15-16H,7-8,10H2,1-4H3/t11-,12+,13-,15+,16+,18+/m1/s1. The normalized spacial score (nSPS) is 45.0. The van der Waals surface area contributed by atoms with E-state index in [1.807, 2.05) is 0 Å². The fourth-order valence-electron chi connectivity index (χ4n) is 5.39. The van der Waals surface area contributed by atoms with Gasteiger partial charge in [0.15, 0.2) is 6.29 Å². The van der Waals surface area contributed by atoms with Crippen molar-refractivity contribution in [3.63, 3.8) is 0 Å². The summed E-state index contributed by atoms with van der Waals surface area (Å²) >= 11 is 1.77. The molecule has 2 aliphatic carbocycles. The molecule has 0 unspecified atom stereocenters. The van der Waals surface area contributed by atoms with E-state index in [0.29, 0.717) is 22.9 Å². The van der Waals surface area contributed by atoms with E-state index in [0.717, 1.165) is 12.3 Å². The van der Waals surface area contributed by atoms with Crippen LogP contribution in [0.3, 0.4) is 0 Å². The highest BCUT2D eigenvalue weighted by molar-refractivity contribution is 7.10. The van der Waals surface area contributed by atoms with Crippen molar-refractivity contribution in [1.82, 2.24) is 0 Å². The van der Waals surface area contributed by atoms with Gasteiger partial charge in [-0.3, -0.25) is 0 Å². The van der Waals surface area contributed by atoms with E-state index in [2.05, 4.69) is 45.2 Å². The largest absolute Gasteiger partial charge is 0.349 e. The average molecular weight is 306 g/mol. The molecule has 3 fully saturated rings. The molecule has 0 spiro atoms. The molecule has 3 heteroatoms. The zero-order chi connectivity index (χ0) is 14.8. The van der Waals surface area contributed by atoms with Crippen molar-refractivity contribution in [3.05, 3.63) is 22.4 Å². The van der Waals surface area contributed by atoms with E-state index < -0.39 is 0 Å².